The van der Waals surface area contributed by atoms with E-state index < -0.39 is 0 Å². The quantitative estimate of drug-likeness (QED) is 0.734. The van der Waals surface area contributed by atoms with Crippen molar-refractivity contribution in [1.29, 1.82) is 0 Å². The highest BCUT2D eigenvalue weighted by Crippen LogP contribution is 2.12. The summed E-state index contributed by atoms with van der Waals surface area (Å²) in [6.45, 7) is 3.31. The Morgan fingerprint density at radius 2 is 1.64 bits per heavy atom. The van der Waals surface area contributed by atoms with Crippen LogP contribution in [0.3, 0.4) is 0 Å². The van der Waals surface area contributed by atoms with Crippen LogP contribution in [0.5, 0.6) is 5.75 Å². The van der Waals surface area contributed by atoms with Crippen LogP contribution in [0.25, 0.3) is 0 Å². The van der Waals surface area contributed by atoms with Crippen LogP contribution >= 0.6 is 12.4 Å². The number of rotatable bonds is 8. The summed E-state index contributed by atoms with van der Waals surface area (Å²) in [6, 6.07) is 19.5. The lowest BCUT2D eigenvalue weighted by molar-refractivity contribution is 0.414. The highest BCUT2D eigenvalue weighted by molar-refractivity contribution is 5.85. The molecule has 2 aromatic carbocycles. The molecule has 2 nitrogen and oxygen atoms in total. The third-order valence-electron chi connectivity index (χ3n) is 3.68. The number of benzene rings is 2. The standard InChI is InChI=1S/C19H25NO.ClH/c1-16(15-18-7-4-3-5-8-18)20-14-6-9-17-10-12-19(21-2)13-11-17;/h3-5,7-8,10-13,16,20H,6,9,14-15H2,1-2H3;1H/t16-;/m0./s1. The Hall–Kier alpha value is -1.51. The smallest absolute Gasteiger partial charge is 0.118 e. The molecule has 0 aromatic heterocycles. The van der Waals surface area contributed by atoms with E-state index in [9.17, 15) is 0 Å². The van der Waals surface area contributed by atoms with Crippen LogP contribution in [0.4, 0.5) is 0 Å². The van der Waals surface area contributed by atoms with Gasteiger partial charge in [0.2, 0.25) is 0 Å². The third-order valence-corrected chi connectivity index (χ3v) is 3.68. The molecule has 2 aromatic rings. The van der Waals surface area contributed by atoms with Crippen LogP contribution in [0, 0.1) is 0 Å². The molecule has 0 bridgehead atoms. The third kappa shape index (κ3) is 6.50. The molecule has 0 aliphatic heterocycles. The number of ether oxygens (including phenoxy) is 1. The van der Waals surface area contributed by atoms with E-state index in [1.807, 2.05) is 12.1 Å². The van der Waals surface area contributed by atoms with Gasteiger partial charge in [-0.3, -0.25) is 0 Å². The summed E-state index contributed by atoms with van der Waals surface area (Å²) in [4.78, 5) is 0. The van der Waals surface area contributed by atoms with Gasteiger partial charge in [-0.05, 0) is 56.0 Å². The maximum Gasteiger partial charge on any atom is 0.118 e. The molecule has 1 N–H and O–H groups in total. The molecular weight excluding hydrogens is 294 g/mol. The fraction of sp³-hybridized carbons (Fsp3) is 0.368. The lowest BCUT2D eigenvalue weighted by Gasteiger charge is -2.14. The van der Waals surface area contributed by atoms with E-state index in [0.29, 0.717) is 6.04 Å². The predicted molar refractivity (Wildman–Crippen MR) is 96.2 cm³/mol. The Bertz CT molecular complexity index is 513. The van der Waals surface area contributed by atoms with Crippen molar-refractivity contribution in [3.05, 3.63) is 65.7 Å². The molecule has 0 heterocycles. The summed E-state index contributed by atoms with van der Waals surface area (Å²) in [6.07, 6.45) is 3.35. The summed E-state index contributed by atoms with van der Waals surface area (Å²) in [5, 5.41) is 3.60. The zero-order valence-corrected chi connectivity index (χ0v) is 14.2. The van der Waals surface area contributed by atoms with Gasteiger partial charge in [0.1, 0.15) is 5.75 Å². The molecule has 0 aliphatic carbocycles. The second kappa shape index (κ2) is 10.3. The molecule has 0 saturated carbocycles. The maximum atomic E-state index is 5.17. The molecule has 0 radical (unpaired) electrons. The number of nitrogens with one attached hydrogen (secondary N) is 1. The molecule has 0 spiro atoms. The first-order valence-electron chi connectivity index (χ1n) is 7.68. The zero-order valence-electron chi connectivity index (χ0n) is 13.4. The maximum absolute atomic E-state index is 5.17. The molecule has 0 amide bonds. The van der Waals surface area contributed by atoms with Crippen molar-refractivity contribution in [3.63, 3.8) is 0 Å². The molecule has 120 valence electrons. The van der Waals surface area contributed by atoms with Gasteiger partial charge in [-0.1, -0.05) is 42.5 Å². The SMILES string of the molecule is COc1ccc(CCCN[C@@H](C)Cc2ccccc2)cc1.Cl. The zero-order chi connectivity index (χ0) is 14.9. The van der Waals surface area contributed by atoms with Crippen molar-refractivity contribution in [2.45, 2.75) is 32.2 Å². The second-order valence-corrected chi connectivity index (χ2v) is 5.50. The van der Waals surface area contributed by atoms with E-state index in [1.54, 1.807) is 7.11 Å². The summed E-state index contributed by atoms with van der Waals surface area (Å²) < 4.78 is 5.17. The van der Waals surface area contributed by atoms with Crippen LogP contribution in [0.1, 0.15) is 24.5 Å². The molecule has 22 heavy (non-hydrogen) atoms. The highest BCUT2D eigenvalue weighted by Gasteiger charge is 2.02. The van der Waals surface area contributed by atoms with Gasteiger partial charge in [-0.25, -0.2) is 0 Å². The number of hydrogen-bond donors (Lipinski definition) is 1. The van der Waals surface area contributed by atoms with Gasteiger partial charge < -0.3 is 10.1 Å². The Morgan fingerprint density at radius 1 is 0.955 bits per heavy atom. The molecule has 3 heteroatoms. The molecular formula is C19H26ClNO. The molecule has 1 atom stereocenters. The molecule has 0 fully saturated rings. The summed E-state index contributed by atoms with van der Waals surface area (Å²) in [5.74, 6) is 0.924. The van der Waals surface area contributed by atoms with Gasteiger partial charge in [-0.15, -0.1) is 12.4 Å². The van der Waals surface area contributed by atoms with E-state index in [1.165, 1.54) is 11.1 Å². The largest absolute Gasteiger partial charge is 0.497 e. The van der Waals surface area contributed by atoms with E-state index in [2.05, 4.69) is 54.7 Å². The van der Waals surface area contributed by atoms with Crippen LogP contribution in [-0.2, 0) is 12.8 Å². The molecule has 2 rings (SSSR count). The van der Waals surface area contributed by atoms with Crippen molar-refractivity contribution in [2.24, 2.45) is 0 Å². The highest BCUT2D eigenvalue weighted by atomic mass is 35.5. The average molecular weight is 320 g/mol. The minimum absolute atomic E-state index is 0. The van der Waals surface area contributed by atoms with E-state index in [-0.39, 0.29) is 12.4 Å². The fourth-order valence-electron chi connectivity index (χ4n) is 2.47. The predicted octanol–water partition coefficient (Wildman–Crippen LogP) is 4.27. The van der Waals surface area contributed by atoms with Gasteiger partial charge in [0.15, 0.2) is 0 Å². The number of hydrogen-bond acceptors (Lipinski definition) is 2. The normalized spacial score (nSPS) is 11.5. The van der Waals surface area contributed by atoms with Crippen LogP contribution in [-0.4, -0.2) is 19.7 Å². The van der Waals surface area contributed by atoms with Gasteiger partial charge >= 0.3 is 0 Å². The van der Waals surface area contributed by atoms with Gasteiger partial charge in [0, 0.05) is 6.04 Å². The van der Waals surface area contributed by atoms with Crippen molar-refractivity contribution in [3.8, 4) is 5.75 Å². The lowest BCUT2D eigenvalue weighted by atomic mass is 10.1. The van der Waals surface area contributed by atoms with Crippen LogP contribution in [0.15, 0.2) is 54.6 Å². The molecule has 0 aliphatic rings. The van der Waals surface area contributed by atoms with Crippen LogP contribution < -0.4 is 10.1 Å². The van der Waals surface area contributed by atoms with Gasteiger partial charge in [-0.2, -0.15) is 0 Å². The minimum Gasteiger partial charge on any atom is -0.497 e. The van der Waals surface area contributed by atoms with Gasteiger partial charge in [0.05, 0.1) is 7.11 Å². The van der Waals surface area contributed by atoms with E-state index in [0.717, 1.165) is 31.6 Å². The Morgan fingerprint density at radius 3 is 2.27 bits per heavy atom. The Labute approximate surface area is 140 Å². The van der Waals surface area contributed by atoms with Crippen molar-refractivity contribution in [2.75, 3.05) is 13.7 Å². The Kier molecular flexibility index (Phi) is 8.64. The van der Waals surface area contributed by atoms with E-state index in [4.69, 9.17) is 4.74 Å². The second-order valence-electron chi connectivity index (χ2n) is 5.50. The average Bonchev–Trinajstić information content (AvgIpc) is 2.53. The van der Waals surface area contributed by atoms with Crippen molar-refractivity contribution >= 4 is 12.4 Å². The van der Waals surface area contributed by atoms with Crippen molar-refractivity contribution < 1.29 is 4.74 Å². The summed E-state index contributed by atoms with van der Waals surface area (Å²) >= 11 is 0. The van der Waals surface area contributed by atoms with E-state index >= 15 is 0 Å². The number of aryl methyl sites for hydroxylation is 1. The monoisotopic (exact) mass is 319 g/mol. The molecule has 0 unspecified atom stereocenters. The van der Waals surface area contributed by atoms with Crippen molar-refractivity contribution in [1.82, 2.24) is 5.32 Å². The van der Waals surface area contributed by atoms with Gasteiger partial charge in [0.25, 0.3) is 0 Å². The topological polar surface area (TPSA) is 21.3 Å². The first kappa shape index (κ1) is 18.5. The number of methoxy groups -OCH3 is 1. The minimum atomic E-state index is 0. The van der Waals surface area contributed by atoms with Crippen LogP contribution in [0.2, 0.25) is 0 Å². The summed E-state index contributed by atoms with van der Waals surface area (Å²) in [5.41, 5.74) is 2.76. The molecule has 0 saturated heterocycles. The number of halogens is 1. The Balaban J connectivity index is 0.00000242. The summed E-state index contributed by atoms with van der Waals surface area (Å²) in [7, 11) is 1.70. The fourth-order valence-corrected chi connectivity index (χ4v) is 2.47. The first-order chi connectivity index (χ1) is 10.3. The first-order valence-corrected chi connectivity index (χ1v) is 7.68. The lowest BCUT2D eigenvalue weighted by Crippen LogP contribution is -2.29.